The Morgan fingerprint density at radius 2 is 1.52 bits per heavy atom. The second-order valence-corrected chi connectivity index (χ2v) is 9.21. The molecule has 0 aliphatic heterocycles. The van der Waals surface area contributed by atoms with E-state index >= 15 is 0 Å². The minimum Gasteiger partial charge on any atom is -0.308 e. The highest BCUT2D eigenvalue weighted by Gasteiger charge is 2.30. The fourth-order valence-electron chi connectivity index (χ4n) is 3.82. The molecular weight excluding hydrogens is 450 g/mol. The van der Waals surface area contributed by atoms with Gasteiger partial charge in [-0.3, -0.25) is 9.69 Å². The van der Waals surface area contributed by atoms with Crippen molar-refractivity contribution in [3.05, 3.63) is 95.6 Å². The summed E-state index contributed by atoms with van der Waals surface area (Å²) in [7, 11) is 4.06. The molecular formula is C27H30ClN3OS. The second-order valence-electron chi connectivity index (χ2n) is 8.20. The third kappa shape index (κ3) is 5.80. The molecule has 6 heteroatoms. The maximum atomic E-state index is 14.1. The number of rotatable bonds is 8. The van der Waals surface area contributed by atoms with Crippen molar-refractivity contribution >= 4 is 45.0 Å². The molecule has 0 saturated carbocycles. The average Bonchev–Trinajstić information content (AvgIpc) is 3.23. The lowest BCUT2D eigenvalue weighted by Gasteiger charge is -2.27. The Morgan fingerprint density at radius 3 is 2.06 bits per heavy atom. The predicted molar refractivity (Wildman–Crippen MR) is 142 cm³/mol. The van der Waals surface area contributed by atoms with E-state index in [4.69, 9.17) is 4.98 Å². The summed E-state index contributed by atoms with van der Waals surface area (Å²) in [6.45, 7) is 3.50. The van der Waals surface area contributed by atoms with Crippen LogP contribution in [-0.4, -0.2) is 43.0 Å². The fourth-order valence-corrected chi connectivity index (χ4v) is 4.88. The standard InChI is InChI=1S/C27H29N3OS.ClH/c1-4-20-15-16-23-24(19-20)32-27(28-23)30(18-17-29(2)3)26(31)25(21-11-7-5-8-12-21)22-13-9-6-10-14-22;/h5-16,19,25H,4,17-18H2,1-3H3;1H. The van der Waals surface area contributed by atoms with Gasteiger partial charge in [-0.05, 0) is 49.3 Å². The number of hydrogen-bond donors (Lipinski definition) is 0. The van der Waals surface area contributed by atoms with Crippen LogP contribution in [-0.2, 0) is 11.2 Å². The predicted octanol–water partition coefficient (Wildman–Crippen LogP) is 6.01. The Labute approximate surface area is 206 Å². The van der Waals surface area contributed by atoms with Crippen LogP contribution < -0.4 is 4.90 Å². The highest BCUT2D eigenvalue weighted by Crippen LogP contribution is 2.34. The first kappa shape index (κ1) is 24.9. The van der Waals surface area contributed by atoms with Crippen LogP contribution in [0.15, 0.2) is 78.9 Å². The van der Waals surface area contributed by atoms with Crippen LogP contribution in [0.4, 0.5) is 5.13 Å². The Hall–Kier alpha value is -2.73. The molecule has 0 atom stereocenters. The molecule has 0 aliphatic rings. The first-order valence-electron chi connectivity index (χ1n) is 11.0. The topological polar surface area (TPSA) is 36.4 Å². The van der Waals surface area contributed by atoms with Gasteiger partial charge in [-0.2, -0.15) is 0 Å². The zero-order valence-corrected chi connectivity index (χ0v) is 20.9. The number of aromatic nitrogens is 1. The molecule has 0 N–H and O–H groups in total. The highest BCUT2D eigenvalue weighted by atomic mass is 35.5. The molecule has 4 nitrogen and oxygen atoms in total. The maximum absolute atomic E-state index is 14.1. The minimum atomic E-state index is -0.377. The molecule has 1 heterocycles. The van der Waals surface area contributed by atoms with Crippen molar-refractivity contribution in [3.63, 3.8) is 0 Å². The number of carbonyl (C=O) groups is 1. The Kier molecular flexibility index (Phi) is 8.61. The van der Waals surface area contributed by atoms with Crippen LogP contribution in [0.5, 0.6) is 0 Å². The molecule has 4 aromatic rings. The van der Waals surface area contributed by atoms with E-state index in [-0.39, 0.29) is 24.2 Å². The summed E-state index contributed by atoms with van der Waals surface area (Å²) in [4.78, 5) is 23.0. The van der Waals surface area contributed by atoms with Crippen molar-refractivity contribution in [3.8, 4) is 0 Å². The van der Waals surface area contributed by atoms with Crippen LogP contribution in [0.1, 0.15) is 29.5 Å². The van der Waals surface area contributed by atoms with Gasteiger partial charge in [-0.15, -0.1) is 12.4 Å². The highest BCUT2D eigenvalue weighted by molar-refractivity contribution is 7.22. The van der Waals surface area contributed by atoms with E-state index in [2.05, 4.69) is 30.0 Å². The number of likely N-dealkylation sites (N-methyl/N-ethyl adjacent to an activating group) is 1. The van der Waals surface area contributed by atoms with Gasteiger partial charge in [0.1, 0.15) is 0 Å². The molecule has 1 amide bonds. The number of anilines is 1. The van der Waals surface area contributed by atoms with Crippen LogP contribution in [0.2, 0.25) is 0 Å². The van der Waals surface area contributed by atoms with E-state index in [9.17, 15) is 4.79 Å². The van der Waals surface area contributed by atoms with Crippen LogP contribution in [0, 0.1) is 0 Å². The SMILES string of the molecule is CCc1ccc2nc(N(CCN(C)C)C(=O)C(c3ccccc3)c3ccccc3)sc2c1.Cl. The van der Waals surface area contributed by atoms with Crippen LogP contribution >= 0.6 is 23.7 Å². The smallest absolute Gasteiger partial charge is 0.240 e. The number of aryl methyl sites for hydroxylation is 1. The number of amides is 1. The van der Waals surface area contributed by atoms with Crippen LogP contribution in [0.3, 0.4) is 0 Å². The number of nitrogens with zero attached hydrogens (tertiary/aromatic N) is 3. The molecule has 0 spiro atoms. The lowest BCUT2D eigenvalue weighted by Crippen LogP contribution is -2.40. The van der Waals surface area contributed by atoms with Crippen molar-refractivity contribution in [2.45, 2.75) is 19.3 Å². The zero-order chi connectivity index (χ0) is 22.5. The Bertz CT molecular complexity index is 1140. The molecule has 3 aromatic carbocycles. The van der Waals surface area contributed by atoms with E-state index in [1.165, 1.54) is 5.56 Å². The van der Waals surface area contributed by atoms with E-state index in [1.54, 1.807) is 11.3 Å². The number of thiazole rings is 1. The second kappa shape index (κ2) is 11.4. The van der Waals surface area contributed by atoms with Crippen molar-refractivity contribution in [1.82, 2.24) is 9.88 Å². The van der Waals surface area contributed by atoms with Gasteiger partial charge in [-0.1, -0.05) is 85.0 Å². The fraction of sp³-hybridized carbons (Fsp3) is 0.259. The number of fused-ring (bicyclic) bond motifs is 1. The van der Waals surface area contributed by atoms with Crippen LogP contribution in [0.25, 0.3) is 10.2 Å². The van der Waals surface area contributed by atoms with Crippen molar-refractivity contribution in [2.75, 3.05) is 32.1 Å². The Balaban J connectivity index is 0.00000306. The first-order chi connectivity index (χ1) is 15.6. The molecule has 0 bridgehead atoms. The summed E-state index contributed by atoms with van der Waals surface area (Å²) in [6.07, 6.45) is 0.983. The summed E-state index contributed by atoms with van der Waals surface area (Å²) < 4.78 is 1.12. The molecule has 33 heavy (non-hydrogen) atoms. The molecule has 0 unspecified atom stereocenters. The summed E-state index contributed by atoms with van der Waals surface area (Å²) >= 11 is 1.60. The zero-order valence-electron chi connectivity index (χ0n) is 19.3. The van der Waals surface area contributed by atoms with Crippen molar-refractivity contribution in [2.24, 2.45) is 0 Å². The van der Waals surface area contributed by atoms with E-state index in [0.717, 1.165) is 39.4 Å². The number of benzene rings is 3. The average molecular weight is 480 g/mol. The van der Waals surface area contributed by atoms with Gasteiger partial charge in [0, 0.05) is 13.1 Å². The quantitative estimate of drug-likeness (QED) is 0.310. The Morgan fingerprint density at radius 1 is 0.909 bits per heavy atom. The van der Waals surface area contributed by atoms with Gasteiger partial charge in [0.05, 0.1) is 16.1 Å². The maximum Gasteiger partial charge on any atom is 0.240 e. The van der Waals surface area contributed by atoms with Gasteiger partial charge in [0.25, 0.3) is 0 Å². The molecule has 0 saturated heterocycles. The molecule has 0 aliphatic carbocycles. The summed E-state index contributed by atoms with van der Waals surface area (Å²) in [5.41, 5.74) is 4.21. The van der Waals surface area contributed by atoms with Gasteiger partial charge in [-0.25, -0.2) is 4.98 Å². The largest absolute Gasteiger partial charge is 0.308 e. The van der Waals surface area contributed by atoms with Gasteiger partial charge < -0.3 is 4.90 Å². The molecule has 4 rings (SSSR count). The number of hydrogen-bond acceptors (Lipinski definition) is 4. The van der Waals surface area contributed by atoms with E-state index < -0.39 is 0 Å². The monoisotopic (exact) mass is 479 g/mol. The third-order valence-electron chi connectivity index (χ3n) is 5.63. The molecule has 0 radical (unpaired) electrons. The molecule has 172 valence electrons. The normalized spacial score (nSPS) is 11.1. The number of carbonyl (C=O) groups excluding carboxylic acids is 1. The minimum absolute atomic E-state index is 0. The van der Waals surface area contributed by atoms with Gasteiger partial charge in [0.2, 0.25) is 5.91 Å². The lowest BCUT2D eigenvalue weighted by molar-refractivity contribution is -0.119. The molecule has 1 aromatic heterocycles. The van der Waals surface area contributed by atoms with E-state index in [1.807, 2.05) is 79.7 Å². The molecule has 0 fully saturated rings. The summed E-state index contributed by atoms with van der Waals surface area (Å²) in [5.74, 6) is -0.322. The first-order valence-corrected chi connectivity index (χ1v) is 11.8. The van der Waals surface area contributed by atoms with E-state index in [0.29, 0.717) is 6.54 Å². The van der Waals surface area contributed by atoms with Gasteiger partial charge >= 0.3 is 0 Å². The van der Waals surface area contributed by atoms with Crippen molar-refractivity contribution < 1.29 is 4.79 Å². The third-order valence-corrected chi connectivity index (χ3v) is 6.67. The summed E-state index contributed by atoms with van der Waals surface area (Å²) in [5, 5.41) is 0.761. The lowest BCUT2D eigenvalue weighted by atomic mass is 9.90. The number of halogens is 1. The summed E-state index contributed by atoms with van der Waals surface area (Å²) in [6, 6.07) is 26.4. The van der Waals surface area contributed by atoms with Gasteiger partial charge in [0.15, 0.2) is 5.13 Å². The van der Waals surface area contributed by atoms with Crippen molar-refractivity contribution in [1.29, 1.82) is 0 Å².